The van der Waals surface area contributed by atoms with Crippen LogP contribution in [0.2, 0.25) is 0 Å². The van der Waals surface area contributed by atoms with Gasteiger partial charge in [-0.2, -0.15) is 5.10 Å². The van der Waals surface area contributed by atoms with Gasteiger partial charge in [0, 0.05) is 11.7 Å². The van der Waals surface area contributed by atoms with E-state index in [4.69, 9.17) is 17.3 Å². The Morgan fingerprint density at radius 3 is 3.00 bits per heavy atom. The van der Waals surface area contributed by atoms with Crippen LogP contribution < -0.4 is 5.73 Å². The molecule has 0 unspecified atom stereocenters. The zero-order valence-corrected chi connectivity index (χ0v) is 7.04. The number of hydrogen-bond acceptors (Lipinski definition) is 2. The highest BCUT2D eigenvalue weighted by Crippen LogP contribution is 2.06. The second kappa shape index (κ2) is 3.44. The van der Waals surface area contributed by atoms with Crippen LogP contribution in [0, 0.1) is 6.92 Å². The minimum atomic E-state index is 0.668. The Bertz CT molecular complexity index is 245. The lowest BCUT2D eigenvalue weighted by Gasteiger charge is -1.91. The van der Waals surface area contributed by atoms with Crippen molar-refractivity contribution in [1.29, 1.82) is 0 Å². The summed E-state index contributed by atoms with van der Waals surface area (Å²) in [6.07, 6.45) is 3.58. The number of allylic oxidation sites excluding steroid dienone is 1. The first-order valence-corrected chi connectivity index (χ1v) is 3.72. The van der Waals surface area contributed by atoms with Gasteiger partial charge in [-0.05, 0) is 6.92 Å². The average molecular weight is 172 g/mol. The molecule has 1 rings (SSSR count). The van der Waals surface area contributed by atoms with Crippen LogP contribution in [-0.2, 0) is 6.54 Å². The fraction of sp³-hybridized carbons (Fsp3) is 0.286. The number of nitrogens with two attached hydrogens (primary N) is 1. The molecule has 0 saturated carbocycles. The molecule has 0 amide bonds. The van der Waals surface area contributed by atoms with Crippen molar-refractivity contribution in [1.82, 2.24) is 9.78 Å². The zero-order valence-electron chi connectivity index (χ0n) is 6.29. The fourth-order valence-corrected chi connectivity index (χ4v) is 0.854. The minimum absolute atomic E-state index is 0.668. The summed E-state index contributed by atoms with van der Waals surface area (Å²) in [7, 11) is 0. The van der Waals surface area contributed by atoms with E-state index in [-0.39, 0.29) is 0 Å². The summed E-state index contributed by atoms with van der Waals surface area (Å²) in [5, 5.41) is 4.13. The molecule has 0 aliphatic rings. The predicted molar refractivity (Wildman–Crippen MR) is 46.4 cm³/mol. The van der Waals surface area contributed by atoms with Gasteiger partial charge < -0.3 is 5.73 Å². The van der Waals surface area contributed by atoms with Crippen molar-refractivity contribution in [2.75, 3.05) is 5.73 Å². The maximum absolute atomic E-state index is 5.57. The van der Waals surface area contributed by atoms with Gasteiger partial charge in [0.05, 0.1) is 17.9 Å². The first-order chi connectivity index (χ1) is 5.24. The normalized spacial score (nSPS) is 11.1. The summed E-state index contributed by atoms with van der Waals surface area (Å²) >= 11 is 5.35. The predicted octanol–water partition coefficient (Wildman–Crippen LogP) is 1.53. The zero-order chi connectivity index (χ0) is 8.27. The molecule has 4 heteroatoms. The molecule has 1 aromatic rings. The van der Waals surface area contributed by atoms with E-state index in [1.165, 1.54) is 5.54 Å². The van der Waals surface area contributed by atoms with Crippen molar-refractivity contribution in [2.45, 2.75) is 13.5 Å². The summed E-state index contributed by atoms with van der Waals surface area (Å²) in [5.74, 6) is 0. The SMILES string of the molecule is Cc1nn(C/C=C/Cl)cc1N. The number of aryl methyl sites for hydroxylation is 1. The van der Waals surface area contributed by atoms with Gasteiger partial charge in [0.25, 0.3) is 0 Å². The Kier molecular flexibility index (Phi) is 2.54. The Hall–Kier alpha value is -0.960. The molecule has 60 valence electrons. The number of hydrogen-bond donors (Lipinski definition) is 1. The summed E-state index contributed by atoms with van der Waals surface area (Å²) < 4.78 is 1.74. The van der Waals surface area contributed by atoms with E-state index in [0.29, 0.717) is 12.2 Å². The van der Waals surface area contributed by atoms with Crippen molar-refractivity contribution in [3.63, 3.8) is 0 Å². The van der Waals surface area contributed by atoms with Crippen LogP contribution in [-0.4, -0.2) is 9.78 Å². The molecule has 0 bridgehead atoms. The maximum Gasteiger partial charge on any atom is 0.0823 e. The molecule has 0 atom stereocenters. The highest BCUT2D eigenvalue weighted by atomic mass is 35.5. The number of nitrogen functional groups attached to an aromatic ring is 1. The Morgan fingerprint density at radius 2 is 2.55 bits per heavy atom. The van der Waals surface area contributed by atoms with E-state index in [2.05, 4.69) is 5.10 Å². The van der Waals surface area contributed by atoms with Gasteiger partial charge >= 0.3 is 0 Å². The highest BCUT2D eigenvalue weighted by Gasteiger charge is 1.97. The summed E-state index contributed by atoms with van der Waals surface area (Å²) in [4.78, 5) is 0. The maximum atomic E-state index is 5.57. The number of halogens is 1. The molecule has 2 N–H and O–H groups in total. The van der Waals surface area contributed by atoms with Crippen LogP contribution in [0.4, 0.5) is 5.69 Å². The number of aromatic nitrogens is 2. The van der Waals surface area contributed by atoms with Crippen LogP contribution >= 0.6 is 11.6 Å². The Labute approximate surface area is 70.5 Å². The molecule has 1 heterocycles. The van der Waals surface area contributed by atoms with Crippen LogP contribution in [0.3, 0.4) is 0 Å². The summed E-state index contributed by atoms with van der Waals surface area (Å²) in [6, 6.07) is 0. The van der Waals surface area contributed by atoms with Gasteiger partial charge in [0.1, 0.15) is 0 Å². The molecule has 0 aliphatic heterocycles. The van der Waals surface area contributed by atoms with Gasteiger partial charge in [-0.25, -0.2) is 0 Å². The molecule has 0 aromatic carbocycles. The number of nitrogens with zero attached hydrogens (tertiary/aromatic N) is 2. The lowest BCUT2D eigenvalue weighted by Crippen LogP contribution is -1.94. The van der Waals surface area contributed by atoms with E-state index in [0.717, 1.165) is 5.69 Å². The quantitative estimate of drug-likeness (QED) is 0.734. The summed E-state index contributed by atoms with van der Waals surface area (Å²) in [6.45, 7) is 2.54. The average Bonchev–Trinajstić information content (AvgIpc) is 2.28. The Balaban J connectivity index is 2.72. The van der Waals surface area contributed by atoms with Gasteiger partial charge in [-0.15, -0.1) is 0 Å². The third kappa shape index (κ3) is 1.98. The lowest BCUT2D eigenvalue weighted by atomic mass is 10.4. The molecule has 11 heavy (non-hydrogen) atoms. The largest absolute Gasteiger partial charge is 0.396 e. The second-order valence-electron chi connectivity index (χ2n) is 2.25. The minimum Gasteiger partial charge on any atom is -0.396 e. The van der Waals surface area contributed by atoms with Gasteiger partial charge in [-0.1, -0.05) is 17.7 Å². The first-order valence-electron chi connectivity index (χ1n) is 3.29. The fourth-order valence-electron chi connectivity index (χ4n) is 0.775. The van der Waals surface area contributed by atoms with Crippen LogP contribution in [0.25, 0.3) is 0 Å². The Morgan fingerprint density at radius 1 is 1.82 bits per heavy atom. The summed E-state index contributed by atoms with van der Waals surface area (Å²) in [5.41, 5.74) is 8.61. The van der Waals surface area contributed by atoms with Gasteiger partial charge in [0.2, 0.25) is 0 Å². The molecule has 0 aliphatic carbocycles. The third-order valence-electron chi connectivity index (χ3n) is 1.37. The molecular weight excluding hydrogens is 162 g/mol. The smallest absolute Gasteiger partial charge is 0.0823 e. The lowest BCUT2D eigenvalue weighted by molar-refractivity contribution is 0.694. The monoisotopic (exact) mass is 171 g/mol. The molecule has 0 fully saturated rings. The first kappa shape index (κ1) is 8.14. The van der Waals surface area contributed by atoms with Crippen molar-refractivity contribution in [2.24, 2.45) is 0 Å². The number of rotatable bonds is 2. The second-order valence-corrected chi connectivity index (χ2v) is 2.51. The molecular formula is C7H10ClN3. The molecule has 0 saturated heterocycles. The third-order valence-corrected chi connectivity index (χ3v) is 1.54. The molecule has 1 aromatic heterocycles. The molecule has 0 spiro atoms. The standard InChI is InChI=1S/C7H10ClN3/c1-6-7(9)5-11(10-6)4-2-3-8/h2-3,5H,4,9H2,1H3/b3-2+. The van der Waals surface area contributed by atoms with E-state index < -0.39 is 0 Å². The topological polar surface area (TPSA) is 43.8 Å². The van der Waals surface area contributed by atoms with Crippen LogP contribution in [0.15, 0.2) is 17.8 Å². The molecule has 0 radical (unpaired) electrons. The van der Waals surface area contributed by atoms with Crippen molar-refractivity contribution in [3.05, 3.63) is 23.5 Å². The van der Waals surface area contributed by atoms with E-state index in [1.807, 2.05) is 6.92 Å². The van der Waals surface area contributed by atoms with Crippen LogP contribution in [0.1, 0.15) is 5.69 Å². The van der Waals surface area contributed by atoms with Crippen LogP contribution in [0.5, 0.6) is 0 Å². The van der Waals surface area contributed by atoms with Crippen molar-refractivity contribution < 1.29 is 0 Å². The van der Waals surface area contributed by atoms with E-state index in [1.54, 1.807) is 17.0 Å². The highest BCUT2D eigenvalue weighted by molar-refractivity contribution is 6.25. The van der Waals surface area contributed by atoms with Crippen molar-refractivity contribution >= 4 is 17.3 Å². The number of anilines is 1. The van der Waals surface area contributed by atoms with E-state index >= 15 is 0 Å². The van der Waals surface area contributed by atoms with Gasteiger partial charge in [0.15, 0.2) is 0 Å². The molecule has 3 nitrogen and oxygen atoms in total. The van der Waals surface area contributed by atoms with Gasteiger partial charge in [-0.3, -0.25) is 4.68 Å². The van der Waals surface area contributed by atoms with E-state index in [9.17, 15) is 0 Å². The van der Waals surface area contributed by atoms with Crippen molar-refractivity contribution in [3.8, 4) is 0 Å².